The first-order valence-corrected chi connectivity index (χ1v) is 11.3. The molecule has 3 saturated heterocycles. The minimum Gasteiger partial charge on any atom is -0.469 e. The van der Waals surface area contributed by atoms with E-state index in [4.69, 9.17) is 9.47 Å². The predicted molar refractivity (Wildman–Crippen MR) is 114 cm³/mol. The van der Waals surface area contributed by atoms with Crippen molar-refractivity contribution in [3.63, 3.8) is 0 Å². The van der Waals surface area contributed by atoms with Gasteiger partial charge in [0.1, 0.15) is 0 Å². The van der Waals surface area contributed by atoms with E-state index in [1.54, 1.807) is 7.11 Å². The number of methoxy groups -OCH3 is 1. The molecular weight excluding hydrogens is 364 g/mol. The van der Waals surface area contributed by atoms with Crippen LogP contribution >= 0.6 is 0 Å². The number of carbonyl (C=O) groups is 1. The van der Waals surface area contributed by atoms with Crippen LogP contribution in [-0.2, 0) is 20.7 Å². The van der Waals surface area contributed by atoms with Crippen molar-refractivity contribution in [3.05, 3.63) is 35.9 Å². The Kier molecular flexibility index (Phi) is 6.88. The lowest BCUT2D eigenvalue weighted by molar-refractivity contribution is -0.149. The number of benzene rings is 1. The van der Waals surface area contributed by atoms with Gasteiger partial charge in [-0.1, -0.05) is 30.3 Å². The summed E-state index contributed by atoms with van der Waals surface area (Å²) in [5.74, 6) is 0.791. The molecule has 29 heavy (non-hydrogen) atoms. The van der Waals surface area contributed by atoms with Gasteiger partial charge in [0.05, 0.1) is 13.0 Å². The normalized spacial score (nSPS) is 26.0. The van der Waals surface area contributed by atoms with Crippen LogP contribution in [0, 0.1) is 17.3 Å². The van der Waals surface area contributed by atoms with Crippen molar-refractivity contribution >= 4 is 5.97 Å². The fourth-order valence-corrected chi connectivity index (χ4v) is 5.62. The average molecular weight is 401 g/mol. The Morgan fingerprint density at radius 1 is 1.14 bits per heavy atom. The molecule has 1 aromatic carbocycles. The highest BCUT2D eigenvalue weighted by atomic mass is 16.5. The molecule has 3 aliphatic heterocycles. The number of nitrogens with zero attached hydrogens (tertiary/aromatic N) is 2. The molecule has 0 bridgehead atoms. The Labute approximate surface area is 175 Å². The van der Waals surface area contributed by atoms with E-state index in [2.05, 4.69) is 40.1 Å². The Balaban J connectivity index is 1.34. The molecule has 1 atom stereocenters. The van der Waals surface area contributed by atoms with Crippen LogP contribution in [0.2, 0.25) is 0 Å². The lowest BCUT2D eigenvalue weighted by atomic mass is 9.70. The van der Waals surface area contributed by atoms with Gasteiger partial charge in [0.25, 0.3) is 0 Å². The number of likely N-dealkylation sites (tertiary alicyclic amines) is 2. The van der Waals surface area contributed by atoms with Gasteiger partial charge in [-0.15, -0.1) is 0 Å². The summed E-state index contributed by atoms with van der Waals surface area (Å²) >= 11 is 0. The lowest BCUT2D eigenvalue weighted by Gasteiger charge is -2.43. The Morgan fingerprint density at radius 3 is 2.55 bits per heavy atom. The second-order valence-electron chi connectivity index (χ2n) is 9.27. The summed E-state index contributed by atoms with van der Waals surface area (Å²) in [4.78, 5) is 17.8. The summed E-state index contributed by atoms with van der Waals surface area (Å²) < 4.78 is 10.7. The highest BCUT2D eigenvalue weighted by Crippen LogP contribution is 2.45. The van der Waals surface area contributed by atoms with Gasteiger partial charge >= 0.3 is 5.97 Å². The molecule has 1 aromatic rings. The molecule has 0 amide bonds. The molecule has 0 aliphatic carbocycles. The summed E-state index contributed by atoms with van der Waals surface area (Å²) in [5.41, 5.74) is 1.46. The van der Waals surface area contributed by atoms with Gasteiger partial charge in [0.15, 0.2) is 0 Å². The summed E-state index contributed by atoms with van der Waals surface area (Å²) in [7, 11) is 1.54. The van der Waals surface area contributed by atoms with E-state index in [9.17, 15) is 4.79 Å². The van der Waals surface area contributed by atoms with Gasteiger partial charge in [-0.3, -0.25) is 4.79 Å². The first-order valence-electron chi connectivity index (χ1n) is 11.3. The molecule has 0 aromatic heterocycles. The molecule has 0 N–H and O–H groups in total. The maximum absolute atomic E-state index is 12.6. The standard InChI is InChI=1S/C24H36N2O3/c1-28-23(27)22-18-26(12-7-20-5-3-2-4-6-20)19-24(22)10-13-25(14-11-24)17-21-8-15-29-16-9-21/h2-6,21-22H,7-19H2,1H3. The van der Waals surface area contributed by atoms with Crippen molar-refractivity contribution in [2.45, 2.75) is 32.1 Å². The van der Waals surface area contributed by atoms with Gasteiger partial charge in [0.2, 0.25) is 0 Å². The third-order valence-electron chi connectivity index (χ3n) is 7.47. The van der Waals surface area contributed by atoms with E-state index in [1.807, 2.05) is 0 Å². The third-order valence-corrected chi connectivity index (χ3v) is 7.47. The maximum Gasteiger partial charge on any atom is 0.310 e. The van der Waals surface area contributed by atoms with E-state index in [0.717, 1.165) is 71.1 Å². The summed E-state index contributed by atoms with van der Waals surface area (Å²) in [5, 5.41) is 0. The van der Waals surface area contributed by atoms with Gasteiger partial charge < -0.3 is 19.3 Å². The van der Waals surface area contributed by atoms with Gasteiger partial charge in [-0.05, 0) is 56.7 Å². The Bertz CT molecular complexity index is 651. The molecule has 5 heteroatoms. The van der Waals surface area contributed by atoms with Crippen molar-refractivity contribution in [2.24, 2.45) is 17.3 Å². The quantitative estimate of drug-likeness (QED) is 0.687. The smallest absolute Gasteiger partial charge is 0.310 e. The van der Waals surface area contributed by atoms with E-state index >= 15 is 0 Å². The van der Waals surface area contributed by atoms with Gasteiger partial charge in [-0.25, -0.2) is 0 Å². The molecule has 1 unspecified atom stereocenters. The summed E-state index contributed by atoms with van der Waals surface area (Å²) in [6, 6.07) is 10.7. The average Bonchev–Trinajstić information content (AvgIpc) is 3.13. The minimum absolute atomic E-state index is 0.00918. The van der Waals surface area contributed by atoms with Crippen molar-refractivity contribution in [2.75, 3.05) is 59.6 Å². The number of esters is 1. The molecule has 0 radical (unpaired) electrons. The first kappa shape index (κ1) is 20.8. The van der Waals surface area contributed by atoms with Crippen LogP contribution in [0.5, 0.6) is 0 Å². The molecule has 3 heterocycles. The monoisotopic (exact) mass is 400 g/mol. The zero-order valence-electron chi connectivity index (χ0n) is 17.9. The fourth-order valence-electron chi connectivity index (χ4n) is 5.62. The largest absolute Gasteiger partial charge is 0.469 e. The number of hydrogen-bond acceptors (Lipinski definition) is 5. The molecule has 5 nitrogen and oxygen atoms in total. The topological polar surface area (TPSA) is 42.0 Å². The number of carbonyl (C=O) groups excluding carboxylic acids is 1. The fraction of sp³-hybridized carbons (Fsp3) is 0.708. The second-order valence-corrected chi connectivity index (χ2v) is 9.27. The van der Waals surface area contributed by atoms with Crippen molar-refractivity contribution in [1.29, 1.82) is 0 Å². The molecule has 3 fully saturated rings. The molecule has 3 aliphatic rings. The third kappa shape index (κ3) is 5.01. The number of rotatable bonds is 6. The van der Waals surface area contributed by atoms with Gasteiger partial charge in [0, 0.05) is 44.8 Å². The van der Waals surface area contributed by atoms with E-state index < -0.39 is 0 Å². The van der Waals surface area contributed by atoms with E-state index in [-0.39, 0.29) is 17.3 Å². The predicted octanol–water partition coefficient (Wildman–Crippen LogP) is 2.84. The maximum atomic E-state index is 12.6. The Morgan fingerprint density at radius 2 is 1.86 bits per heavy atom. The van der Waals surface area contributed by atoms with Crippen LogP contribution in [-0.4, -0.2) is 75.4 Å². The zero-order valence-corrected chi connectivity index (χ0v) is 17.9. The lowest BCUT2D eigenvalue weighted by Crippen LogP contribution is -2.47. The van der Waals surface area contributed by atoms with E-state index in [1.165, 1.54) is 24.9 Å². The highest BCUT2D eigenvalue weighted by Gasteiger charge is 2.51. The molecule has 0 saturated carbocycles. The van der Waals surface area contributed by atoms with Crippen molar-refractivity contribution in [1.82, 2.24) is 9.80 Å². The van der Waals surface area contributed by atoms with Crippen LogP contribution in [0.4, 0.5) is 0 Å². The first-order chi connectivity index (χ1) is 14.2. The summed E-state index contributed by atoms with van der Waals surface area (Å²) in [6.45, 7) is 8.15. The Hall–Kier alpha value is -1.43. The van der Waals surface area contributed by atoms with Crippen LogP contribution in [0.1, 0.15) is 31.2 Å². The van der Waals surface area contributed by atoms with Crippen molar-refractivity contribution < 1.29 is 14.3 Å². The molecule has 160 valence electrons. The minimum atomic E-state index is -0.00918. The van der Waals surface area contributed by atoms with Crippen molar-refractivity contribution in [3.8, 4) is 0 Å². The molecular formula is C24H36N2O3. The van der Waals surface area contributed by atoms with Crippen LogP contribution in [0.15, 0.2) is 30.3 Å². The molecule has 1 spiro atoms. The summed E-state index contributed by atoms with van der Waals surface area (Å²) in [6.07, 6.45) is 5.65. The van der Waals surface area contributed by atoms with Crippen LogP contribution in [0.3, 0.4) is 0 Å². The van der Waals surface area contributed by atoms with E-state index in [0.29, 0.717) is 0 Å². The van der Waals surface area contributed by atoms with Gasteiger partial charge in [-0.2, -0.15) is 0 Å². The van der Waals surface area contributed by atoms with Crippen LogP contribution < -0.4 is 0 Å². The zero-order chi connectivity index (χ0) is 20.1. The number of ether oxygens (including phenoxy) is 2. The second kappa shape index (κ2) is 9.59. The number of hydrogen-bond donors (Lipinski definition) is 0. The number of piperidine rings is 1. The van der Waals surface area contributed by atoms with Crippen LogP contribution in [0.25, 0.3) is 0 Å². The molecule has 4 rings (SSSR count). The SMILES string of the molecule is COC(=O)C1CN(CCc2ccccc2)CC12CCN(CC1CCOCC1)CC2. The highest BCUT2D eigenvalue weighted by molar-refractivity contribution is 5.74.